The highest BCUT2D eigenvalue weighted by Gasteiger charge is 2.25. The number of allylic oxidation sites excluding steroid dienone is 12. The van der Waals surface area contributed by atoms with Gasteiger partial charge in [-0.25, -0.2) is 4.79 Å². The van der Waals surface area contributed by atoms with Crippen LogP contribution in [0.15, 0.2) is 72.9 Å². The Labute approximate surface area is 500 Å². The van der Waals surface area contributed by atoms with Gasteiger partial charge in [0.1, 0.15) is 13.2 Å². The maximum Gasteiger partial charge on any atom is 0.361 e. The third-order valence-corrected chi connectivity index (χ3v) is 14.9. The molecule has 0 aliphatic rings. The smallest absolute Gasteiger partial charge is 0.361 e. The van der Waals surface area contributed by atoms with Crippen LogP contribution in [0, 0.1) is 0 Å². The molecule has 0 aromatic carbocycles. The second-order valence-corrected chi connectivity index (χ2v) is 24.1. The van der Waals surface area contributed by atoms with Gasteiger partial charge in [0, 0.05) is 12.8 Å². The number of carbonyl (C=O) groups is 3. The van der Waals surface area contributed by atoms with Crippen LogP contribution in [-0.4, -0.2) is 87.4 Å². The van der Waals surface area contributed by atoms with Gasteiger partial charge in [0.05, 0.1) is 34.4 Å². The van der Waals surface area contributed by atoms with E-state index in [4.69, 9.17) is 18.9 Å². The van der Waals surface area contributed by atoms with E-state index >= 15 is 0 Å². The van der Waals surface area contributed by atoms with Crippen molar-refractivity contribution in [1.82, 2.24) is 0 Å². The summed E-state index contributed by atoms with van der Waals surface area (Å²) in [6.45, 7) is 4.80. The zero-order chi connectivity index (χ0) is 59.1. The number of carbonyl (C=O) groups excluding carboxylic acids is 2. The lowest BCUT2D eigenvalue weighted by atomic mass is 10.0. The standard InChI is InChI=1S/C72H129NO8/c1-6-8-10-12-14-16-18-20-22-24-26-27-28-29-30-31-32-33-34-35-36-37-38-39-40-41-42-43-45-47-49-51-53-55-57-59-61-63-70(75)81-68(67-80-72(71(76)77)78-65-64-73(3,4)5)66-79-69(74)62-60-58-56-54-52-50-48-46-44-25-23-21-19-17-15-13-11-9-7-2/h8,10,14,16,20-23,26-27,29-30,68,72H,6-7,9,11-13,15,17-19,24-25,28,31-67H2,1-5H3/p+1/b10-8-,16-14-,22-20-,23-21-,27-26-,30-29-. The first-order valence-corrected chi connectivity index (χ1v) is 34.1. The zero-order valence-corrected chi connectivity index (χ0v) is 53.7. The van der Waals surface area contributed by atoms with Crippen LogP contribution in [0.25, 0.3) is 0 Å². The molecule has 0 heterocycles. The molecular formula is C72H130NO8+. The average Bonchev–Trinajstić information content (AvgIpc) is 3.44. The fraction of sp³-hybridized carbons (Fsp3) is 0.792. The molecular weight excluding hydrogens is 1010 g/mol. The van der Waals surface area contributed by atoms with E-state index in [1.54, 1.807) is 0 Å². The summed E-state index contributed by atoms with van der Waals surface area (Å²) in [5.74, 6) is -1.99. The number of carboxylic acids is 1. The van der Waals surface area contributed by atoms with Gasteiger partial charge in [-0.3, -0.25) is 9.59 Å². The lowest BCUT2D eigenvalue weighted by Crippen LogP contribution is -2.40. The molecule has 9 nitrogen and oxygen atoms in total. The minimum absolute atomic E-state index is 0.181. The first kappa shape index (κ1) is 77.7. The first-order chi connectivity index (χ1) is 39.6. The molecule has 470 valence electrons. The number of esters is 2. The highest BCUT2D eigenvalue weighted by atomic mass is 16.7. The van der Waals surface area contributed by atoms with Gasteiger partial charge < -0.3 is 28.5 Å². The fourth-order valence-electron chi connectivity index (χ4n) is 9.74. The van der Waals surface area contributed by atoms with Crippen LogP contribution in [0.1, 0.15) is 309 Å². The lowest BCUT2D eigenvalue weighted by molar-refractivity contribution is -0.870. The van der Waals surface area contributed by atoms with E-state index in [1.807, 2.05) is 21.1 Å². The van der Waals surface area contributed by atoms with Crippen LogP contribution in [0.2, 0.25) is 0 Å². The molecule has 0 spiro atoms. The molecule has 0 rings (SSSR count). The van der Waals surface area contributed by atoms with Gasteiger partial charge >= 0.3 is 17.9 Å². The van der Waals surface area contributed by atoms with Crippen molar-refractivity contribution in [3.05, 3.63) is 72.9 Å². The van der Waals surface area contributed by atoms with Gasteiger partial charge in [-0.05, 0) is 83.5 Å². The Morgan fingerprint density at radius 1 is 0.383 bits per heavy atom. The molecule has 0 radical (unpaired) electrons. The van der Waals surface area contributed by atoms with Crippen molar-refractivity contribution < 1.29 is 42.9 Å². The van der Waals surface area contributed by atoms with Crippen molar-refractivity contribution in [2.75, 3.05) is 47.5 Å². The van der Waals surface area contributed by atoms with Crippen molar-refractivity contribution in [3.8, 4) is 0 Å². The van der Waals surface area contributed by atoms with Crippen LogP contribution in [0.3, 0.4) is 0 Å². The van der Waals surface area contributed by atoms with E-state index in [0.717, 1.165) is 70.6 Å². The number of hydrogen-bond donors (Lipinski definition) is 1. The van der Waals surface area contributed by atoms with Crippen molar-refractivity contribution in [1.29, 1.82) is 0 Å². The maximum atomic E-state index is 12.9. The summed E-state index contributed by atoms with van der Waals surface area (Å²) in [6, 6.07) is 0. The second-order valence-electron chi connectivity index (χ2n) is 24.1. The van der Waals surface area contributed by atoms with E-state index in [9.17, 15) is 19.5 Å². The van der Waals surface area contributed by atoms with Crippen LogP contribution < -0.4 is 0 Å². The van der Waals surface area contributed by atoms with E-state index in [2.05, 4.69) is 86.8 Å². The summed E-state index contributed by atoms with van der Waals surface area (Å²) in [6.07, 6.45) is 80.1. The Hall–Kier alpha value is -3.27. The molecule has 0 fully saturated rings. The second kappa shape index (κ2) is 62.8. The van der Waals surface area contributed by atoms with Crippen molar-refractivity contribution in [2.24, 2.45) is 0 Å². The number of quaternary nitrogens is 1. The number of ether oxygens (including phenoxy) is 4. The summed E-state index contributed by atoms with van der Waals surface area (Å²) in [7, 11) is 5.98. The van der Waals surface area contributed by atoms with E-state index in [0.29, 0.717) is 17.4 Å². The lowest BCUT2D eigenvalue weighted by Gasteiger charge is -2.25. The summed E-state index contributed by atoms with van der Waals surface area (Å²) < 4.78 is 23.0. The van der Waals surface area contributed by atoms with Crippen LogP contribution in [-0.2, 0) is 33.3 Å². The molecule has 0 bridgehead atoms. The van der Waals surface area contributed by atoms with Gasteiger partial charge in [0.25, 0.3) is 6.29 Å². The Kier molecular flexibility index (Phi) is 60.2. The number of likely N-dealkylation sites (N-methyl/N-ethyl adjacent to an activating group) is 1. The molecule has 0 aliphatic carbocycles. The topological polar surface area (TPSA) is 108 Å². The summed E-state index contributed by atoms with van der Waals surface area (Å²) in [5.41, 5.74) is 0. The molecule has 2 unspecified atom stereocenters. The molecule has 0 aromatic rings. The molecule has 81 heavy (non-hydrogen) atoms. The maximum absolute atomic E-state index is 12.9. The fourth-order valence-corrected chi connectivity index (χ4v) is 9.74. The minimum Gasteiger partial charge on any atom is -0.477 e. The van der Waals surface area contributed by atoms with Gasteiger partial charge in [0.15, 0.2) is 6.10 Å². The average molecular weight is 1140 g/mol. The van der Waals surface area contributed by atoms with Crippen LogP contribution in [0.4, 0.5) is 0 Å². The molecule has 0 amide bonds. The quantitative estimate of drug-likeness (QED) is 0.0211. The predicted octanol–water partition coefficient (Wildman–Crippen LogP) is 20.9. The van der Waals surface area contributed by atoms with E-state index in [-0.39, 0.29) is 32.2 Å². The summed E-state index contributed by atoms with van der Waals surface area (Å²) in [4.78, 5) is 37.5. The minimum atomic E-state index is -1.51. The first-order valence-electron chi connectivity index (χ1n) is 34.1. The van der Waals surface area contributed by atoms with E-state index < -0.39 is 24.3 Å². The van der Waals surface area contributed by atoms with Crippen molar-refractivity contribution in [2.45, 2.75) is 322 Å². The number of carboxylic acid groups (broad SMARTS) is 1. The molecule has 0 saturated carbocycles. The molecule has 1 N–H and O–H groups in total. The third-order valence-electron chi connectivity index (χ3n) is 14.9. The summed E-state index contributed by atoms with van der Waals surface area (Å²) in [5, 5.41) is 9.73. The normalized spacial score (nSPS) is 13.1. The van der Waals surface area contributed by atoms with Crippen molar-refractivity contribution in [3.63, 3.8) is 0 Å². The number of rotatable bonds is 63. The van der Waals surface area contributed by atoms with Gasteiger partial charge in [0.2, 0.25) is 0 Å². The molecule has 9 heteroatoms. The number of unbranched alkanes of at least 4 members (excludes halogenated alkanes) is 36. The zero-order valence-electron chi connectivity index (χ0n) is 53.7. The highest BCUT2D eigenvalue weighted by molar-refractivity contribution is 5.71. The van der Waals surface area contributed by atoms with Gasteiger partial charge in [-0.1, -0.05) is 286 Å². The Morgan fingerprint density at radius 2 is 0.704 bits per heavy atom. The Balaban J connectivity index is 4.03. The molecule has 0 saturated heterocycles. The van der Waals surface area contributed by atoms with Crippen LogP contribution in [0.5, 0.6) is 0 Å². The number of hydrogen-bond acceptors (Lipinski definition) is 7. The molecule has 0 aliphatic heterocycles. The molecule has 0 aromatic heterocycles. The van der Waals surface area contributed by atoms with Gasteiger partial charge in [-0.2, -0.15) is 0 Å². The molecule has 2 atom stereocenters. The monoisotopic (exact) mass is 1140 g/mol. The SMILES string of the molecule is CC/C=C\C/C=C\C/C=C\C/C=C\C/C=C\CCCCCCCCCCCCCCCCCCCCCCCC(=O)OC(COC(=O)CCCCCCCCCCC/C=C\CCCCCCCC)COC(OCC[N+](C)(C)C)C(=O)O. The predicted molar refractivity (Wildman–Crippen MR) is 346 cm³/mol. The Bertz CT molecular complexity index is 1560. The Morgan fingerprint density at radius 3 is 1.06 bits per heavy atom. The van der Waals surface area contributed by atoms with Crippen molar-refractivity contribution >= 4 is 17.9 Å². The third kappa shape index (κ3) is 64.1. The number of nitrogens with zero attached hydrogens (tertiary/aromatic N) is 1. The highest BCUT2D eigenvalue weighted by Crippen LogP contribution is 2.18. The largest absolute Gasteiger partial charge is 0.477 e. The summed E-state index contributed by atoms with van der Waals surface area (Å²) >= 11 is 0. The van der Waals surface area contributed by atoms with Gasteiger partial charge in [-0.15, -0.1) is 0 Å². The van der Waals surface area contributed by atoms with Crippen LogP contribution >= 0.6 is 0 Å². The van der Waals surface area contributed by atoms with E-state index in [1.165, 1.54) is 212 Å². The number of aliphatic carboxylic acids is 1.